The van der Waals surface area contributed by atoms with Crippen LogP contribution in [0, 0.1) is 5.82 Å². The van der Waals surface area contributed by atoms with Crippen molar-refractivity contribution in [1.29, 1.82) is 0 Å². The summed E-state index contributed by atoms with van der Waals surface area (Å²) >= 11 is 0. The number of rotatable bonds is 4. The number of ether oxygens (including phenoxy) is 1. The van der Waals surface area contributed by atoms with E-state index in [9.17, 15) is 23.1 Å². The average Bonchev–Trinajstić information content (AvgIpc) is 3.10. The number of halogens is 3. The van der Waals surface area contributed by atoms with Crippen LogP contribution in [0.1, 0.15) is 29.2 Å². The van der Waals surface area contributed by atoms with Crippen LogP contribution in [0.5, 0.6) is 5.75 Å². The lowest BCUT2D eigenvalue weighted by molar-refractivity contribution is -0.0137. The van der Waals surface area contributed by atoms with Crippen LogP contribution in [0.25, 0.3) is 0 Å². The topological polar surface area (TPSA) is 70.6 Å². The van der Waals surface area contributed by atoms with Crippen molar-refractivity contribution >= 4 is 11.7 Å². The summed E-state index contributed by atoms with van der Waals surface area (Å²) in [7, 11) is 0. The van der Waals surface area contributed by atoms with Gasteiger partial charge in [-0.15, -0.1) is 0 Å². The van der Waals surface area contributed by atoms with Gasteiger partial charge in [-0.3, -0.25) is 0 Å². The number of aliphatic hydroxyl groups is 1. The van der Waals surface area contributed by atoms with Gasteiger partial charge in [0, 0.05) is 24.1 Å². The normalized spacial score (nSPS) is 21.7. The van der Waals surface area contributed by atoms with Crippen molar-refractivity contribution in [2.24, 2.45) is 0 Å². The molecule has 0 spiro atoms. The van der Waals surface area contributed by atoms with E-state index in [0.717, 1.165) is 17.2 Å². The summed E-state index contributed by atoms with van der Waals surface area (Å²) in [6.45, 7) is -2.30. The summed E-state index contributed by atoms with van der Waals surface area (Å²) in [5.41, 5.74) is 0.862. The molecule has 0 aromatic heterocycles. The van der Waals surface area contributed by atoms with E-state index in [-0.39, 0.29) is 12.2 Å². The SMILES string of the molecule is O=C(Nc1cccc2c1C[C@H](O)C2)N[C@@H]1CC(CF)(CF)Oc2c(F)cccc21. The number of aliphatic hydroxyl groups excluding tert-OH is 1. The molecule has 154 valence electrons. The first kappa shape index (κ1) is 19.6. The fourth-order valence-corrected chi connectivity index (χ4v) is 4.04. The second kappa shape index (κ2) is 7.59. The predicted octanol–water partition coefficient (Wildman–Crippen LogP) is 3.61. The van der Waals surface area contributed by atoms with Crippen molar-refractivity contribution in [1.82, 2.24) is 5.32 Å². The van der Waals surface area contributed by atoms with Crippen molar-refractivity contribution < 1.29 is 27.8 Å². The number of hydrogen-bond donors (Lipinski definition) is 3. The number of benzene rings is 2. The highest BCUT2D eigenvalue weighted by molar-refractivity contribution is 5.90. The molecule has 0 unspecified atom stereocenters. The molecule has 2 aromatic carbocycles. The molecule has 0 saturated carbocycles. The lowest BCUT2D eigenvalue weighted by Gasteiger charge is -2.39. The Balaban J connectivity index is 1.57. The number of carbonyl (C=O) groups is 1. The number of anilines is 1. The molecule has 2 aromatic rings. The van der Waals surface area contributed by atoms with E-state index in [1.807, 2.05) is 6.07 Å². The van der Waals surface area contributed by atoms with Gasteiger partial charge >= 0.3 is 6.03 Å². The summed E-state index contributed by atoms with van der Waals surface area (Å²) in [6, 6.07) is 8.12. The molecule has 0 saturated heterocycles. The largest absolute Gasteiger partial charge is 0.478 e. The van der Waals surface area contributed by atoms with Crippen LogP contribution < -0.4 is 15.4 Å². The lowest BCUT2D eigenvalue weighted by atomic mass is 9.88. The molecule has 2 amide bonds. The van der Waals surface area contributed by atoms with E-state index >= 15 is 0 Å². The lowest BCUT2D eigenvalue weighted by Crippen LogP contribution is -2.49. The third-order valence-corrected chi connectivity index (χ3v) is 5.48. The third kappa shape index (κ3) is 3.64. The van der Waals surface area contributed by atoms with Crippen LogP contribution in [0.4, 0.5) is 23.7 Å². The maximum Gasteiger partial charge on any atom is 0.319 e. The first-order chi connectivity index (χ1) is 13.9. The summed E-state index contributed by atoms with van der Waals surface area (Å²) < 4.78 is 46.7. The monoisotopic (exact) mass is 406 g/mol. The third-order valence-electron chi connectivity index (χ3n) is 5.48. The van der Waals surface area contributed by atoms with E-state index < -0.39 is 42.9 Å². The molecule has 0 radical (unpaired) electrons. The molecule has 3 N–H and O–H groups in total. The molecule has 1 aliphatic carbocycles. The van der Waals surface area contributed by atoms with Crippen LogP contribution in [0.15, 0.2) is 36.4 Å². The van der Waals surface area contributed by atoms with E-state index in [1.165, 1.54) is 6.07 Å². The number of amides is 2. The molecular formula is C21H21F3N2O3. The molecule has 0 fully saturated rings. The van der Waals surface area contributed by atoms with Crippen molar-refractivity contribution in [2.45, 2.75) is 37.0 Å². The molecule has 2 aliphatic rings. The highest BCUT2D eigenvalue weighted by Gasteiger charge is 2.43. The van der Waals surface area contributed by atoms with E-state index in [4.69, 9.17) is 4.74 Å². The minimum Gasteiger partial charge on any atom is -0.478 e. The number of para-hydroxylation sites is 1. The summed E-state index contributed by atoms with van der Waals surface area (Å²) in [4.78, 5) is 12.6. The molecule has 1 aliphatic heterocycles. The molecule has 4 rings (SSSR count). The predicted molar refractivity (Wildman–Crippen MR) is 101 cm³/mol. The molecule has 29 heavy (non-hydrogen) atoms. The summed E-state index contributed by atoms with van der Waals surface area (Å²) in [6.07, 6.45) is 0.296. The van der Waals surface area contributed by atoms with Gasteiger partial charge in [0.1, 0.15) is 13.3 Å². The Labute approximate surface area is 165 Å². The summed E-state index contributed by atoms with van der Waals surface area (Å²) in [5, 5.41) is 15.3. The Kier molecular flexibility index (Phi) is 5.12. The average molecular weight is 406 g/mol. The number of alkyl halides is 2. The van der Waals surface area contributed by atoms with Gasteiger partial charge in [-0.25, -0.2) is 18.0 Å². The molecule has 1 heterocycles. The fraction of sp³-hybridized carbons (Fsp3) is 0.381. The molecular weight excluding hydrogens is 385 g/mol. The Morgan fingerprint density at radius 2 is 1.93 bits per heavy atom. The Morgan fingerprint density at radius 1 is 1.17 bits per heavy atom. The molecule has 8 heteroatoms. The van der Waals surface area contributed by atoms with E-state index in [1.54, 1.807) is 18.2 Å². The minimum atomic E-state index is -1.84. The van der Waals surface area contributed by atoms with Crippen LogP contribution in [-0.4, -0.2) is 36.2 Å². The number of nitrogens with one attached hydrogen (secondary N) is 2. The number of hydrogen-bond acceptors (Lipinski definition) is 3. The van der Waals surface area contributed by atoms with Crippen molar-refractivity contribution in [3.63, 3.8) is 0 Å². The quantitative estimate of drug-likeness (QED) is 0.727. The number of carbonyl (C=O) groups excluding carboxylic acids is 1. The van der Waals surface area contributed by atoms with Crippen LogP contribution in [0.2, 0.25) is 0 Å². The fourth-order valence-electron chi connectivity index (χ4n) is 4.04. The second-order valence-electron chi connectivity index (χ2n) is 7.57. The maximum atomic E-state index is 14.2. The summed E-state index contributed by atoms with van der Waals surface area (Å²) in [5.74, 6) is -0.987. The Morgan fingerprint density at radius 3 is 2.69 bits per heavy atom. The zero-order valence-corrected chi connectivity index (χ0v) is 15.6. The van der Waals surface area contributed by atoms with E-state index in [0.29, 0.717) is 24.1 Å². The van der Waals surface area contributed by atoms with Crippen LogP contribution in [-0.2, 0) is 12.8 Å². The first-order valence-electron chi connectivity index (χ1n) is 9.40. The second-order valence-corrected chi connectivity index (χ2v) is 7.57. The molecule has 0 bridgehead atoms. The number of fused-ring (bicyclic) bond motifs is 2. The Bertz CT molecular complexity index is 933. The van der Waals surface area contributed by atoms with Crippen molar-refractivity contribution in [2.75, 3.05) is 18.7 Å². The van der Waals surface area contributed by atoms with Crippen LogP contribution in [0.3, 0.4) is 0 Å². The smallest absolute Gasteiger partial charge is 0.319 e. The van der Waals surface area contributed by atoms with Crippen molar-refractivity contribution in [3.05, 3.63) is 58.9 Å². The van der Waals surface area contributed by atoms with Gasteiger partial charge in [-0.1, -0.05) is 24.3 Å². The van der Waals surface area contributed by atoms with Crippen LogP contribution >= 0.6 is 0 Å². The van der Waals surface area contributed by atoms with Gasteiger partial charge in [0.05, 0.1) is 12.1 Å². The van der Waals surface area contributed by atoms with Gasteiger partial charge in [-0.05, 0) is 29.7 Å². The number of urea groups is 1. The van der Waals surface area contributed by atoms with Gasteiger partial charge in [-0.2, -0.15) is 0 Å². The van der Waals surface area contributed by atoms with Gasteiger partial charge < -0.3 is 20.5 Å². The van der Waals surface area contributed by atoms with Crippen molar-refractivity contribution in [3.8, 4) is 5.75 Å². The zero-order chi connectivity index (χ0) is 20.6. The zero-order valence-electron chi connectivity index (χ0n) is 15.6. The van der Waals surface area contributed by atoms with Gasteiger partial charge in [0.25, 0.3) is 0 Å². The maximum absolute atomic E-state index is 14.2. The molecule has 2 atom stereocenters. The molecule has 5 nitrogen and oxygen atoms in total. The minimum absolute atomic E-state index is 0.171. The first-order valence-corrected chi connectivity index (χ1v) is 9.40. The highest BCUT2D eigenvalue weighted by atomic mass is 19.1. The van der Waals surface area contributed by atoms with E-state index in [2.05, 4.69) is 10.6 Å². The highest BCUT2D eigenvalue weighted by Crippen LogP contribution is 2.42. The van der Waals surface area contributed by atoms with Gasteiger partial charge in [0.2, 0.25) is 0 Å². The standard InChI is InChI=1S/C21H21F3N2O3/c22-10-21(11-23)9-18(14-4-2-5-16(24)19(14)29-21)26-20(28)25-17-6-1-3-12-7-13(27)8-15(12)17/h1-6,13,18,27H,7-11H2,(H2,25,26,28)/t13-,18-/m1/s1. The van der Waals surface area contributed by atoms with Gasteiger partial charge in [0.15, 0.2) is 17.2 Å². The Hall–Kier alpha value is -2.74.